The molecule has 1 unspecified atom stereocenters. The molecular formula is C55H107NO3. The van der Waals surface area contributed by atoms with E-state index < -0.39 is 0 Å². The van der Waals surface area contributed by atoms with E-state index in [0.29, 0.717) is 12.2 Å². The van der Waals surface area contributed by atoms with Gasteiger partial charge in [0.1, 0.15) is 5.78 Å². The first-order chi connectivity index (χ1) is 29.1. The van der Waals surface area contributed by atoms with Crippen LogP contribution in [-0.2, 0) is 9.59 Å². The maximum Gasteiger partial charge on any atom is 0.220 e. The number of nitrogens with one attached hydrogen (secondary N) is 1. The summed E-state index contributed by atoms with van der Waals surface area (Å²) in [4.78, 5) is 24.7. The predicted octanol–water partition coefficient (Wildman–Crippen LogP) is 18.0. The van der Waals surface area contributed by atoms with Crippen LogP contribution in [0, 0.1) is 0 Å². The van der Waals surface area contributed by atoms with Crippen LogP contribution in [-0.4, -0.2) is 29.4 Å². The molecule has 0 fully saturated rings. The lowest BCUT2D eigenvalue weighted by atomic mass is 10.0. The van der Waals surface area contributed by atoms with Gasteiger partial charge in [0.05, 0.1) is 12.6 Å². The van der Waals surface area contributed by atoms with Gasteiger partial charge in [0.15, 0.2) is 0 Å². The SMILES string of the molecule is CCCCCCCC/C=C\CCCCCCCCCCCC(=O)CCCCCCCCCCCCCCC(=O)NC(CO)CCCCCCCCCCCCCCCC. The summed E-state index contributed by atoms with van der Waals surface area (Å²) in [6, 6.07) is -0.0701. The van der Waals surface area contributed by atoms with Gasteiger partial charge in [-0.25, -0.2) is 0 Å². The van der Waals surface area contributed by atoms with Gasteiger partial charge in [-0.2, -0.15) is 0 Å². The number of carbonyl (C=O) groups excluding carboxylic acids is 2. The Labute approximate surface area is 370 Å². The third-order valence-electron chi connectivity index (χ3n) is 12.8. The van der Waals surface area contributed by atoms with Crippen LogP contribution in [0.5, 0.6) is 0 Å². The van der Waals surface area contributed by atoms with Crippen LogP contribution in [0.3, 0.4) is 0 Å². The molecule has 0 aliphatic heterocycles. The molecule has 4 heteroatoms. The number of hydrogen-bond donors (Lipinski definition) is 2. The molecular weight excluding hydrogens is 723 g/mol. The van der Waals surface area contributed by atoms with Crippen LogP contribution in [0.1, 0.15) is 316 Å². The molecule has 59 heavy (non-hydrogen) atoms. The number of amides is 1. The maximum atomic E-state index is 12.4. The van der Waals surface area contributed by atoms with E-state index in [0.717, 1.165) is 51.4 Å². The fourth-order valence-electron chi connectivity index (χ4n) is 8.69. The highest BCUT2D eigenvalue weighted by Crippen LogP contribution is 2.17. The van der Waals surface area contributed by atoms with Crippen molar-refractivity contribution in [1.29, 1.82) is 0 Å². The molecule has 0 spiro atoms. The molecule has 350 valence electrons. The van der Waals surface area contributed by atoms with Crippen molar-refractivity contribution in [3.8, 4) is 0 Å². The highest BCUT2D eigenvalue weighted by molar-refractivity contribution is 5.78. The third kappa shape index (κ3) is 49.4. The lowest BCUT2D eigenvalue weighted by Crippen LogP contribution is -2.37. The molecule has 1 amide bonds. The summed E-state index contributed by atoms with van der Waals surface area (Å²) in [5.41, 5.74) is 0. The Kier molecular flexibility index (Phi) is 50.2. The number of aliphatic hydroxyl groups excluding tert-OH is 1. The first-order valence-electron chi connectivity index (χ1n) is 27.2. The summed E-state index contributed by atoms with van der Waals surface area (Å²) >= 11 is 0. The standard InChI is InChI=1S/C55H107NO3/c1-3-5-7-9-11-13-15-17-19-20-21-22-23-25-29-33-37-41-45-49-54(58)50-46-42-38-34-30-26-27-31-35-39-43-47-51-55(59)56-53(52-57)48-44-40-36-32-28-24-18-16-14-12-10-8-6-4-2/h17,19,53,57H,3-16,18,20-52H2,1-2H3,(H,56,59)/b19-17-. The fraction of sp³-hybridized carbons (Fsp3) is 0.927. The van der Waals surface area contributed by atoms with Gasteiger partial charge in [-0.1, -0.05) is 257 Å². The van der Waals surface area contributed by atoms with Gasteiger partial charge in [-0.05, 0) is 51.4 Å². The minimum Gasteiger partial charge on any atom is -0.394 e. The van der Waals surface area contributed by atoms with Crippen molar-refractivity contribution in [3.63, 3.8) is 0 Å². The molecule has 4 nitrogen and oxygen atoms in total. The highest BCUT2D eigenvalue weighted by Gasteiger charge is 2.11. The van der Waals surface area contributed by atoms with Crippen molar-refractivity contribution in [1.82, 2.24) is 5.32 Å². The van der Waals surface area contributed by atoms with Crippen LogP contribution >= 0.6 is 0 Å². The first-order valence-corrected chi connectivity index (χ1v) is 27.2. The second-order valence-electron chi connectivity index (χ2n) is 18.9. The van der Waals surface area contributed by atoms with E-state index >= 15 is 0 Å². The molecule has 0 aliphatic carbocycles. The first kappa shape index (κ1) is 57.8. The van der Waals surface area contributed by atoms with E-state index in [1.54, 1.807) is 0 Å². The zero-order valence-corrected chi connectivity index (χ0v) is 40.4. The summed E-state index contributed by atoms with van der Waals surface area (Å²) in [6.07, 6.45) is 64.4. The monoisotopic (exact) mass is 830 g/mol. The molecule has 0 saturated carbocycles. The minimum atomic E-state index is -0.0701. The van der Waals surface area contributed by atoms with E-state index in [9.17, 15) is 14.7 Å². The Morgan fingerprint density at radius 2 is 0.644 bits per heavy atom. The number of hydrogen-bond acceptors (Lipinski definition) is 3. The molecule has 0 aromatic rings. The average molecular weight is 830 g/mol. The molecule has 0 radical (unpaired) electrons. The maximum absolute atomic E-state index is 12.4. The number of ketones is 1. The largest absolute Gasteiger partial charge is 0.394 e. The molecule has 0 bridgehead atoms. The van der Waals surface area contributed by atoms with Crippen molar-refractivity contribution in [2.45, 2.75) is 322 Å². The predicted molar refractivity (Wildman–Crippen MR) is 262 cm³/mol. The molecule has 0 aliphatic rings. The van der Waals surface area contributed by atoms with Gasteiger partial charge >= 0.3 is 0 Å². The summed E-state index contributed by atoms with van der Waals surface area (Å²) in [5.74, 6) is 0.616. The van der Waals surface area contributed by atoms with Gasteiger partial charge < -0.3 is 10.4 Å². The van der Waals surface area contributed by atoms with E-state index in [1.807, 2.05) is 0 Å². The smallest absolute Gasteiger partial charge is 0.220 e. The summed E-state index contributed by atoms with van der Waals surface area (Å²) in [6.45, 7) is 4.63. The Morgan fingerprint density at radius 3 is 0.966 bits per heavy atom. The average Bonchev–Trinajstić information content (AvgIpc) is 3.24. The molecule has 0 heterocycles. The van der Waals surface area contributed by atoms with Crippen molar-refractivity contribution in [2.75, 3.05) is 6.61 Å². The van der Waals surface area contributed by atoms with Crippen molar-refractivity contribution in [2.24, 2.45) is 0 Å². The van der Waals surface area contributed by atoms with Crippen molar-refractivity contribution < 1.29 is 14.7 Å². The van der Waals surface area contributed by atoms with E-state index in [-0.39, 0.29) is 18.6 Å². The zero-order chi connectivity index (χ0) is 42.8. The number of unbranched alkanes of at least 4 members (excludes halogenated alkanes) is 39. The van der Waals surface area contributed by atoms with Crippen LogP contribution in [0.15, 0.2) is 12.2 Å². The normalized spacial score (nSPS) is 12.2. The summed E-state index contributed by atoms with van der Waals surface area (Å²) in [5, 5.41) is 12.8. The fourth-order valence-corrected chi connectivity index (χ4v) is 8.69. The van der Waals surface area contributed by atoms with E-state index in [2.05, 4.69) is 31.3 Å². The lowest BCUT2D eigenvalue weighted by molar-refractivity contribution is -0.122. The number of rotatable bonds is 51. The molecule has 1 atom stereocenters. The topological polar surface area (TPSA) is 66.4 Å². The van der Waals surface area contributed by atoms with E-state index in [4.69, 9.17) is 0 Å². The van der Waals surface area contributed by atoms with Gasteiger partial charge in [0.25, 0.3) is 0 Å². The van der Waals surface area contributed by atoms with Gasteiger partial charge in [-0.3, -0.25) is 9.59 Å². The summed E-state index contributed by atoms with van der Waals surface area (Å²) < 4.78 is 0. The number of Topliss-reactive ketones (excluding diaryl/α,β-unsaturated/α-hetero) is 1. The number of allylic oxidation sites excluding steroid dienone is 2. The van der Waals surface area contributed by atoms with Crippen molar-refractivity contribution >= 4 is 11.7 Å². The minimum absolute atomic E-state index is 0.0581. The Morgan fingerprint density at radius 1 is 0.373 bits per heavy atom. The molecule has 0 saturated heterocycles. The summed E-state index contributed by atoms with van der Waals surface area (Å²) in [7, 11) is 0. The van der Waals surface area contributed by atoms with Gasteiger partial charge in [0.2, 0.25) is 5.91 Å². The van der Waals surface area contributed by atoms with Gasteiger partial charge in [-0.15, -0.1) is 0 Å². The number of carbonyl (C=O) groups is 2. The highest BCUT2D eigenvalue weighted by atomic mass is 16.3. The molecule has 2 N–H and O–H groups in total. The zero-order valence-electron chi connectivity index (χ0n) is 40.4. The second-order valence-corrected chi connectivity index (χ2v) is 18.9. The Hall–Kier alpha value is -1.16. The quantitative estimate of drug-likeness (QED) is 0.0474. The van der Waals surface area contributed by atoms with E-state index in [1.165, 1.54) is 244 Å². The number of aliphatic hydroxyl groups is 1. The Balaban J connectivity index is 3.36. The van der Waals surface area contributed by atoms with Crippen LogP contribution in [0.2, 0.25) is 0 Å². The molecule has 0 aromatic carbocycles. The van der Waals surface area contributed by atoms with Crippen molar-refractivity contribution in [3.05, 3.63) is 12.2 Å². The lowest BCUT2D eigenvalue weighted by Gasteiger charge is -2.16. The van der Waals surface area contributed by atoms with Crippen LogP contribution < -0.4 is 5.32 Å². The second kappa shape index (κ2) is 51.2. The third-order valence-corrected chi connectivity index (χ3v) is 12.8. The molecule has 0 rings (SSSR count). The van der Waals surface area contributed by atoms with Crippen LogP contribution in [0.25, 0.3) is 0 Å². The van der Waals surface area contributed by atoms with Crippen LogP contribution in [0.4, 0.5) is 0 Å². The Bertz CT molecular complexity index is 855. The van der Waals surface area contributed by atoms with Gasteiger partial charge in [0, 0.05) is 19.3 Å². The molecule has 0 aromatic heterocycles.